The lowest BCUT2D eigenvalue weighted by Gasteiger charge is -1.98. The monoisotopic (exact) mass is 292 g/mol. The molecule has 3 N–H and O–H groups in total. The van der Waals surface area contributed by atoms with Crippen LogP contribution in [0.1, 0.15) is 11.3 Å². The Balaban J connectivity index is 2.00. The van der Waals surface area contributed by atoms with Crippen LogP contribution in [0.15, 0.2) is 42.5 Å². The van der Waals surface area contributed by atoms with Crippen molar-refractivity contribution >= 4 is 16.6 Å². The Kier molecular flexibility index (Phi) is 3.63. The first-order valence-corrected chi connectivity index (χ1v) is 6.82. The standard InChI is InChI=1S/C18H16N2O2/c1-21-13-5-3-4-12(10-13)6-9-16-18(19)15-8-7-14(22-2)11-17(15)20-16/h3-5,7-8,10-11,20H,19H2,1-2H3. The van der Waals surface area contributed by atoms with Gasteiger partial charge in [0.2, 0.25) is 0 Å². The summed E-state index contributed by atoms with van der Waals surface area (Å²) in [6.07, 6.45) is 0. The van der Waals surface area contributed by atoms with Crippen LogP contribution in [0, 0.1) is 11.8 Å². The second kappa shape index (κ2) is 5.74. The lowest BCUT2D eigenvalue weighted by atomic mass is 10.2. The van der Waals surface area contributed by atoms with Crippen molar-refractivity contribution in [3.63, 3.8) is 0 Å². The minimum absolute atomic E-state index is 0.646. The third-order valence-electron chi connectivity index (χ3n) is 3.45. The molecule has 0 aliphatic carbocycles. The van der Waals surface area contributed by atoms with E-state index in [0.29, 0.717) is 11.4 Å². The average Bonchev–Trinajstić information content (AvgIpc) is 2.88. The Morgan fingerprint density at radius 3 is 2.50 bits per heavy atom. The molecular weight excluding hydrogens is 276 g/mol. The Hall–Kier alpha value is -3.06. The maximum atomic E-state index is 6.15. The van der Waals surface area contributed by atoms with E-state index in [1.54, 1.807) is 14.2 Å². The number of nitrogen functional groups attached to an aromatic ring is 1. The summed E-state index contributed by atoms with van der Waals surface area (Å²) in [4.78, 5) is 3.23. The summed E-state index contributed by atoms with van der Waals surface area (Å²) in [5.41, 5.74) is 9.28. The first-order valence-electron chi connectivity index (χ1n) is 6.82. The van der Waals surface area contributed by atoms with Gasteiger partial charge in [0.15, 0.2) is 0 Å². The van der Waals surface area contributed by atoms with E-state index in [1.165, 1.54) is 0 Å². The van der Waals surface area contributed by atoms with E-state index >= 15 is 0 Å². The smallest absolute Gasteiger partial charge is 0.120 e. The molecular formula is C18H16N2O2. The van der Waals surface area contributed by atoms with Crippen molar-refractivity contribution in [2.75, 3.05) is 20.0 Å². The van der Waals surface area contributed by atoms with Gasteiger partial charge in [0, 0.05) is 17.0 Å². The summed E-state index contributed by atoms with van der Waals surface area (Å²) in [6.45, 7) is 0. The summed E-state index contributed by atoms with van der Waals surface area (Å²) in [5.74, 6) is 7.73. The molecule has 0 amide bonds. The number of anilines is 1. The van der Waals surface area contributed by atoms with Crippen molar-refractivity contribution in [1.29, 1.82) is 0 Å². The summed E-state index contributed by atoms with van der Waals surface area (Å²) >= 11 is 0. The molecule has 4 heteroatoms. The van der Waals surface area contributed by atoms with Crippen LogP contribution in [0.25, 0.3) is 10.9 Å². The van der Waals surface area contributed by atoms with Crippen molar-refractivity contribution in [2.45, 2.75) is 0 Å². The van der Waals surface area contributed by atoms with Crippen LogP contribution in [0.2, 0.25) is 0 Å². The molecule has 0 radical (unpaired) electrons. The topological polar surface area (TPSA) is 60.3 Å². The molecule has 22 heavy (non-hydrogen) atoms. The van der Waals surface area contributed by atoms with Gasteiger partial charge in [-0.1, -0.05) is 12.0 Å². The second-order valence-corrected chi connectivity index (χ2v) is 4.81. The van der Waals surface area contributed by atoms with E-state index in [1.807, 2.05) is 42.5 Å². The van der Waals surface area contributed by atoms with Gasteiger partial charge in [-0.15, -0.1) is 0 Å². The van der Waals surface area contributed by atoms with Crippen molar-refractivity contribution in [1.82, 2.24) is 4.98 Å². The largest absolute Gasteiger partial charge is 0.497 e. The van der Waals surface area contributed by atoms with Crippen molar-refractivity contribution in [3.05, 3.63) is 53.7 Å². The number of H-pyrrole nitrogens is 1. The van der Waals surface area contributed by atoms with Gasteiger partial charge < -0.3 is 20.2 Å². The fourth-order valence-electron chi connectivity index (χ4n) is 2.26. The molecule has 0 atom stereocenters. The molecule has 0 aliphatic rings. The number of fused-ring (bicyclic) bond motifs is 1. The first kappa shape index (κ1) is 13.9. The molecule has 110 valence electrons. The van der Waals surface area contributed by atoms with Crippen LogP contribution >= 0.6 is 0 Å². The van der Waals surface area contributed by atoms with Gasteiger partial charge in [0.1, 0.15) is 17.2 Å². The van der Waals surface area contributed by atoms with Crippen LogP contribution < -0.4 is 15.2 Å². The SMILES string of the molecule is COc1cccc(C#Cc2[nH]c3cc(OC)ccc3c2N)c1. The van der Waals surface area contributed by atoms with E-state index in [9.17, 15) is 0 Å². The van der Waals surface area contributed by atoms with E-state index in [4.69, 9.17) is 15.2 Å². The number of nitrogens with two attached hydrogens (primary N) is 1. The Bertz CT molecular complexity index is 885. The molecule has 0 fully saturated rings. The Labute approximate surface area is 128 Å². The van der Waals surface area contributed by atoms with E-state index in [2.05, 4.69) is 16.8 Å². The van der Waals surface area contributed by atoms with Gasteiger partial charge in [-0.05, 0) is 36.3 Å². The lowest BCUT2D eigenvalue weighted by Crippen LogP contribution is -1.87. The van der Waals surface area contributed by atoms with Crippen molar-refractivity contribution in [2.24, 2.45) is 0 Å². The average molecular weight is 292 g/mol. The Morgan fingerprint density at radius 1 is 0.955 bits per heavy atom. The highest BCUT2D eigenvalue weighted by molar-refractivity contribution is 5.95. The number of rotatable bonds is 2. The van der Waals surface area contributed by atoms with E-state index < -0.39 is 0 Å². The quantitative estimate of drug-likeness (QED) is 0.713. The zero-order valence-electron chi connectivity index (χ0n) is 12.4. The molecule has 0 unspecified atom stereocenters. The minimum atomic E-state index is 0.646. The number of hydrogen-bond acceptors (Lipinski definition) is 3. The third kappa shape index (κ3) is 2.57. The fourth-order valence-corrected chi connectivity index (χ4v) is 2.26. The predicted octanol–water partition coefficient (Wildman–Crippen LogP) is 3.17. The molecule has 3 aromatic rings. The molecule has 4 nitrogen and oxygen atoms in total. The van der Waals surface area contributed by atoms with Gasteiger partial charge in [0.05, 0.1) is 25.4 Å². The third-order valence-corrected chi connectivity index (χ3v) is 3.45. The fraction of sp³-hybridized carbons (Fsp3) is 0.111. The highest BCUT2D eigenvalue weighted by Crippen LogP contribution is 2.27. The summed E-state index contributed by atoms with van der Waals surface area (Å²) in [7, 11) is 3.27. The summed E-state index contributed by atoms with van der Waals surface area (Å²) in [6, 6.07) is 13.3. The number of benzene rings is 2. The minimum Gasteiger partial charge on any atom is -0.497 e. The number of methoxy groups -OCH3 is 2. The molecule has 0 aliphatic heterocycles. The first-order chi connectivity index (χ1) is 10.7. The number of ether oxygens (including phenoxy) is 2. The molecule has 0 spiro atoms. The van der Waals surface area contributed by atoms with Crippen LogP contribution in [-0.2, 0) is 0 Å². The molecule has 1 heterocycles. The van der Waals surface area contributed by atoms with Crippen LogP contribution in [-0.4, -0.2) is 19.2 Å². The number of aromatic amines is 1. The molecule has 0 saturated heterocycles. The maximum Gasteiger partial charge on any atom is 0.120 e. The van der Waals surface area contributed by atoms with Crippen molar-refractivity contribution < 1.29 is 9.47 Å². The van der Waals surface area contributed by atoms with Crippen LogP contribution in [0.5, 0.6) is 11.5 Å². The predicted molar refractivity (Wildman–Crippen MR) is 88.2 cm³/mol. The van der Waals surface area contributed by atoms with Gasteiger partial charge in [-0.25, -0.2) is 0 Å². The van der Waals surface area contributed by atoms with Crippen LogP contribution in [0.4, 0.5) is 5.69 Å². The number of aromatic nitrogens is 1. The van der Waals surface area contributed by atoms with Gasteiger partial charge in [-0.3, -0.25) is 0 Å². The van der Waals surface area contributed by atoms with E-state index in [0.717, 1.165) is 28.0 Å². The molecule has 0 bridgehead atoms. The molecule has 2 aromatic carbocycles. The van der Waals surface area contributed by atoms with Crippen LogP contribution in [0.3, 0.4) is 0 Å². The molecule has 1 aromatic heterocycles. The summed E-state index contributed by atoms with van der Waals surface area (Å²) < 4.78 is 10.4. The second-order valence-electron chi connectivity index (χ2n) is 4.81. The van der Waals surface area contributed by atoms with Gasteiger partial charge in [-0.2, -0.15) is 0 Å². The number of nitrogens with one attached hydrogen (secondary N) is 1. The number of hydrogen-bond donors (Lipinski definition) is 2. The Morgan fingerprint density at radius 2 is 1.73 bits per heavy atom. The van der Waals surface area contributed by atoms with E-state index in [-0.39, 0.29) is 0 Å². The normalized spacial score (nSPS) is 10.1. The molecule has 0 saturated carbocycles. The lowest BCUT2D eigenvalue weighted by molar-refractivity contribution is 0.414. The molecule has 3 rings (SSSR count). The highest BCUT2D eigenvalue weighted by atomic mass is 16.5. The zero-order valence-corrected chi connectivity index (χ0v) is 12.4. The zero-order chi connectivity index (χ0) is 15.5. The highest BCUT2D eigenvalue weighted by Gasteiger charge is 2.07. The van der Waals surface area contributed by atoms with Crippen molar-refractivity contribution in [3.8, 4) is 23.3 Å². The summed E-state index contributed by atoms with van der Waals surface area (Å²) in [5, 5.41) is 0.941. The van der Waals surface area contributed by atoms with Gasteiger partial charge >= 0.3 is 0 Å². The van der Waals surface area contributed by atoms with Gasteiger partial charge in [0.25, 0.3) is 0 Å². The maximum absolute atomic E-state index is 6.15.